The summed E-state index contributed by atoms with van der Waals surface area (Å²) in [6.45, 7) is 1.05. The summed E-state index contributed by atoms with van der Waals surface area (Å²) in [6, 6.07) is 9.62. The summed E-state index contributed by atoms with van der Waals surface area (Å²) in [5.74, 6) is 1.36. The molecule has 2 aromatic rings. The predicted octanol–water partition coefficient (Wildman–Crippen LogP) is 2.59. The standard InChI is InChI=1S/C14H15N3O3/c18-14(19)17-8-6-10(7-9-17)12-15-13(20-16-12)11-4-2-1-3-5-11/h1-5,10H,6-9H2,(H,18,19). The number of benzene rings is 1. The van der Waals surface area contributed by atoms with Gasteiger partial charge in [-0.05, 0) is 25.0 Å². The Bertz CT molecular complexity index is 589. The molecule has 20 heavy (non-hydrogen) atoms. The van der Waals surface area contributed by atoms with E-state index >= 15 is 0 Å². The first kappa shape index (κ1) is 12.7. The van der Waals surface area contributed by atoms with Crippen molar-refractivity contribution in [2.45, 2.75) is 18.8 Å². The monoisotopic (exact) mass is 273 g/mol. The Morgan fingerprint density at radius 2 is 1.95 bits per heavy atom. The highest BCUT2D eigenvalue weighted by molar-refractivity contribution is 5.65. The fraction of sp³-hybridized carbons (Fsp3) is 0.357. The van der Waals surface area contributed by atoms with Crippen molar-refractivity contribution in [3.05, 3.63) is 36.2 Å². The first-order valence-electron chi connectivity index (χ1n) is 6.61. The zero-order valence-electron chi connectivity index (χ0n) is 10.9. The molecule has 0 radical (unpaired) electrons. The highest BCUT2D eigenvalue weighted by atomic mass is 16.5. The minimum Gasteiger partial charge on any atom is -0.465 e. The number of piperidine rings is 1. The van der Waals surface area contributed by atoms with Crippen LogP contribution in [-0.2, 0) is 0 Å². The molecule has 1 saturated heterocycles. The summed E-state index contributed by atoms with van der Waals surface area (Å²) in [5.41, 5.74) is 0.897. The van der Waals surface area contributed by atoms with Gasteiger partial charge in [-0.2, -0.15) is 4.98 Å². The molecule has 1 amide bonds. The van der Waals surface area contributed by atoms with Crippen LogP contribution < -0.4 is 0 Å². The lowest BCUT2D eigenvalue weighted by molar-refractivity contribution is 0.131. The van der Waals surface area contributed by atoms with Crippen LogP contribution in [0.3, 0.4) is 0 Å². The van der Waals surface area contributed by atoms with Gasteiger partial charge < -0.3 is 14.5 Å². The summed E-state index contributed by atoms with van der Waals surface area (Å²) in [7, 11) is 0. The molecule has 1 N–H and O–H groups in total. The first-order chi connectivity index (χ1) is 9.74. The number of hydrogen-bond donors (Lipinski definition) is 1. The van der Waals surface area contributed by atoms with E-state index in [9.17, 15) is 4.79 Å². The molecule has 1 aromatic carbocycles. The number of nitrogens with zero attached hydrogens (tertiary/aromatic N) is 3. The quantitative estimate of drug-likeness (QED) is 0.909. The number of carboxylic acid groups (broad SMARTS) is 1. The minimum atomic E-state index is -0.860. The Balaban J connectivity index is 1.71. The number of hydrogen-bond acceptors (Lipinski definition) is 4. The molecule has 1 aliphatic heterocycles. The van der Waals surface area contributed by atoms with Crippen molar-refractivity contribution >= 4 is 6.09 Å². The van der Waals surface area contributed by atoms with Gasteiger partial charge in [-0.3, -0.25) is 0 Å². The molecule has 3 rings (SSSR count). The Morgan fingerprint density at radius 1 is 1.25 bits per heavy atom. The maximum atomic E-state index is 10.9. The zero-order valence-corrected chi connectivity index (χ0v) is 10.9. The van der Waals surface area contributed by atoms with Gasteiger partial charge in [-0.1, -0.05) is 23.4 Å². The summed E-state index contributed by atoms with van der Waals surface area (Å²) in [4.78, 5) is 16.7. The van der Waals surface area contributed by atoms with Crippen molar-refractivity contribution in [2.75, 3.05) is 13.1 Å². The van der Waals surface area contributed by atoms with Crippen molar-refractivity contribution < 1.29 is 14.4 Å². The van der Waals surface area contributed by atoms with Gasteiger partial charge in [0.2, 0.25) is 0 Å². The van der Waals surface area contributed by atoms with Crippen LogP contribution >= 0.6 is 0 Å². The number of amides is 1. The van der Waals surface area contributed by atoms with E-state index in [1.165, 1.54) is 4.90 Å². The largest absolute Gasteiger partial charge is 0.465 e. The van der Waals surface area contributed by atoms with Crippen LogP contribution in [0, 0.1) is 0 Å². The zero-order chi connectivity index (χ0) is 13.9. The van der Waals surface area contributed by atoms with Crippen molar-refractivity contribution in [1.82, 2.24) is 15.0 Å². The molecule has 0 saturated carbocycles. The van der Waals surface area contributed by atoms with Gasteiger partial charge in [-0.15, -0.1) is 0 Å². The van der Waals surface area contributed by atoms with Crippen LogP contribution in [0.25, 0.3) is 11.5 Å². The third-order valence-corrected chi connectivity index (χ3v) is 3.59. The summed E-state index contributed by atoms with van der Waals surface area (Å²) in [6.07, 6.45) is 0.613. The second-order valence-electron chi connectivity index (χ2n) is 4.87. The Hall–Kier alpha value is -2.37. The Kier molecular flexibility index (Phi) is 3.37. The van der Waals surface area contributed by atoms with E-state index in [0.717, 1.165) is 18.4 Å². The van der Waals surface area contributed by atoms with E-state index in [4.69, 9.17) is 9.63 Å². The van der Waals surface area contributed by atoms with Crippen LogP contribution in [0.5, 0.6) is 0 Å². The molecular formula is C14H15N3O3. The van der Waals surface area contributed by atoms with Crippen molar-refractivity contribution in [2.24, 2.45) is 0 Å². The highest BCUT2D eigenvalue weighted by Crippen LogP contribution is 2.27. The van der Waals surface area contributed by atoms with Gasteiger partial charge in [-0.25, -0.2) is 4.79 Å². The SMILES string of the molecule is O=C(O)N1CCC(c2noc(-c3ccccc3)n2)CC1. The van der Waals surface area contributed by atoms with Crippen molar-refractivity contribution in [1.29, 1.82) is 0 Å². The maximum Gasteiger partial charge on any atom is 0.407 e. The molecule has 0 atom stereocenters. The lowest BCUT2D eigenvalue weighted by atomic mass is 9.96. The summed E-state index contributed by atoms with van der Waals surface area (Å²) < 4.78 is 5.29. The van der Waals surface area contributed by atoms with Crippen LogP contribution in [0.1, 0.15) is 24.6 Å². The van der Waals surface area contributed by atoms with E-state index in [1.54, 1.807) is 0 Å². The second-order valence-corrected chi connectivity index (χ2v) is 4.87. The summed E-state index contributed by atoms with van der Waals surface area (Å²) >= 11 is 0. The predicted molar refractivity (Wildman–Crippen MR) is 71.3 cm³/mol. The van der Waals surface area contributed by atoms with Crippen LogP contribution in [0.2, 0.25) is 0 Å². The third-order valence-electron chi connectivity index (χ3n) is 3.59. The van der Waals surface area contributed by atoms with Gasteiger partial charge in [0.1, 0.15) is 0 Å². The molecule has 1 fully saturated rings. The summed E-state index contributed by atoms with van der Waals surface area (Å²) in [5, 5.41) is 13.0. The van der Waals surface area contributed by atoms with Crippen molar-refractivity contribution in [3.8, 4) is 11.5 Å². The van der Waals surface area contributed by atoms with Gasteiger partial charge >= 0.3 is 6.09 Å². The normalized spacial score (nSPS) is 16.3. The Morgan fingerprint density at radius 3 is 2.60 bits per heavy atom. The lowest BCUT2D eigenvalue weighted by Gasteiger charge is -2.28. The fourth-order valence-corrected chi connectivity index (χ4v) is 2.43. The van der Waals surface area contributed by atoms with Crippen LogP contribution in [0.15, 0.2) is 34.9 Å². The van der Waals surface area contributed by atoms with Gasteiger partial charge in [0.25, 0.3) is 5.89 Å². The molecule has 2 heterocycles. The van der Waals surface area contributed by atoms with E-state index < -0.39 is 6.09 Å². The molecule has 6 heteroatoms. The molecule has 1 aliphatic rings. The average Bonchev–Trinajstić information content (AvgIpc) is 2.98. The average molecular weight is 273 g/mol. The van der Waals surface area contributed by atoms with E-state index in [0.29, 0.717) is 24.8 Å². The molecule has 0 spiro atoms. The topological polar surface area (TPSA) is 79.5 Å². The molecule has 0 bridgehead atoms. The van der Waals surface area contributed by atoms with E-state index in [2.05, 4.69) is 10.1 Å². The van der Waals surface area contributed by atoms with Crippen molar-refractivity contribution in [3.63, 3.8) is 0 Å². The molecule has 1 aromatic heterocycles. The molecule has 6 nitrogen and oxygen atoms in total. The molecule has 0 aliphatic carbocycles. The van der Waals surface area contributed by atoms with Gasteiger partial charge in [0, 0.05) is 24.6 Å². The lowest BCUT2D eigenvalue weighted by Crippen LogP contribution is -2.37. The molecular weight excluding hydrogens is 258 g/mol. The molecule has 0 unspecified atom stereocenters. The smallest absolute Gasteiger partial charge is 0.407 e. The van der Waals surface area contributed by atoms with Gasteiger partial charge in [0.05, 0.1) is 0 Å². The van der Waals surface area contributed by atoms with Crippen LogP contribution in [0.4, 0.5) is 4.79 Å². The first-order valence-corrected chi connectivity index (χ1v) is 6.61. The fourth-order valence-electron chi connectivity index (χ4n) is 2.43. The minimum absolute atomic E-state index is 0.173. The maximum absolute atomic E-state index is 10.9. The number of rotatable bonds is 2. The Labute approximate surface area is 116 Å². The highest BCUT2D eigenvalue weighted by Gasteiger charge is 2.26. The number of carbonyl (C=O) groups is 1. The van der Waals surface area contributed by atoms with E-state index in [-0.39, 0.29) is 5.92 Å². The second kappa shape index (κ2) is 5.32. The van der Waals surface area contributed by atoms with E-state index in [1.807, 2.05) is 30.3 Å². The number of aromatic nitrogens is 2. The molecule has 104 valence electrons. The number of likely N-dealkylation sites (tertiary alicyclic amines) is 1. The van der Waals surface area contributed by atoms with Gasteiger partial charge in [0.15, 0.2) is 5.82 Å². The van der Waals surface area contributed by atoms with Crippen LogP contribution in [-0.4, -0.2) is 39.3 Å². The third kappa shape index (κ3) is 2.49.